The molecule has 0 radical (unpaired) electrons. The van der Waals surface area contributed by atoms with E-state index < -0.39 is 10.9 Å². The molecule has 0 heterocycles. The van der Waals surface area contributed by atoms with Crippen molar-refractivity contribution in [2.45, 2.75) is 19.8 Å². The van der Waals surface area contributed by atoms with Crippen LogP contribution in [0.5, 0.6) is 0 Å². The lowest BCUT2D eigenvalue weighted by Gasteiger charge is -2.19. The standard InChI is InChI=1S/C13H18N2O4/c1-2-8-14(10-13(16)17)9-7-11-3-5-12(6-4-11)15(18)19/h3-6H,2,7-10H2,1H3,(H,16,17). The predicted molar refractivity (Wildman–Crippen MR) is 71.2 cm³/mol. The molecule has 1 N–H and O–H groups in total. The number of nitrogens with zero attached hydrogens (tertiary/aromatic N) is 2. The second kappa shape index (κ2) is 7.48. The SMILES string of the molecule is CCCN(CCc1ccc([N+](=O)[O-])cc1)CC(=O)O. The number of carboxylic acids is 1. The predicted octanol–water partition coefficient (Wildman–Crippen LogP) is 1.93. The van der Waals surface area contributed by atoms with Crippen LogP contribution < -0.4 is 0 Å². The zero-order valence-corrected chi connectivity index (χ0v) is 10.9. The smallest absolute Gasteiger partial charge is 0.317 e. The third kappa shape index (κ3) is 5.48. The highest BCUT2D eigenvalue weighted by Crippen LogP contribution is 2.12. The lowest BCUT2D eigenvalue weighted by atomic mass is 10.1. The van der Waals surface area contributed by atoms with Gasteiger partial charge in [0.05, 0.1) is 11.5 Å². The normalized spacial score (nSPS) is 10.6. The molecule has 0 saturated heterocycles. The van der Waals surface area contributed by atoms with Gasteiger partial charge in [0, 0.05) is 18.7 Å². The van der Waals surface area contributed by atoms with E-state index in [1.54, 1.807) is 12.1 Å². The van der Waals surface area contributed by atoms with Crippen molar-refractivity contribution in [1.29, 1.82) is 0 Å². The van der Waals surface area contributed by atoms with Gasteiger partial charge in [-0.2, -0.15) is 0 Å². The van der Waals surface area contributed by atoms with Crippen molar-refractivity contribution in [1.82, 2.24) is 4.90 Å². The fourth-order valence-corrected chi connectivity index (χ4v) is 1.85. The summed E-state index contributed by atoms with van der Waals surface area (Å²) in [6, 6.07) is 6.36. The fourth-order valence-electron chi connectivity index (χ4n) is 1.85. The van der Waals surface area contributed by atoms with Crippen LogP contribution in [0, 0.1) is 10.1 Å². The molecule has 0 unspecified atom stereocenters. The van der Waals surface area contributed by atoms with Crippen LogP contribution in [0.15, 0.2) is 24.3 Å². The number of non-ortho nitro benzene ring substituents is 1. The molecule has 104 valence electrons. The van der Waals surface area contributed by atoms with E-state index in [0.29, 0.717) is 13.0 Å². The number of carbonyl (C=O) groups is 1. The number of aliphatic carboxylic acids is 1. The zero-order chi connectivity index (χ0) is 14.3. The molecule has 0 spiro atoms. The van der Waals surface area contributed by atoms with Gasteiger partial charge in [0.2, 0.25) is 0 Å². The highest BCUT2D eigenvalue weighted by atomic mass is 16.6. The van der Waals surface area contributed by atoms with Crippen LogP contribution >= 0.6 is 0 Å². The minimum Gasteiger partial charge on any atom is -0.480 e. The van der Waals surface area contributed by atoms with E-state index in [-0.39, 0.29) is 12.2 Å². The van der Waals surface area contributed by atoms with E-state index in [2.05, 4.69) is 0 Å². The minimum atomic E-state index is -0.836. The summed E-state index contributed by atoms with van der Waals surface area (Å²) in [6.45, 7) is 3.40. The summed E-state index contributed by atoms with van der Waals surface area (Å²) in [5, 5.41) is 19.3. The Morgan fingerprint density at radius 3 is 2.42 bits per heavy atom. The molecule has 0 aliphatic rings. The lowest BCUT2D eigenvalue weighted by molar-refractivity contribution is -0.384. The Hall–Kier alpha value is -1.95. The maximum atomic E-state index is 10.7. The van der Waals surface area contributed by atoms with Crippen LogP contribution in [0.1, 0.15) is 18.9 Å². The van der Waals surface area contributed by atoms with Crippen LogP contribution in [0.2, 0.25) is 0 Å². The van der Waals surface area contributed by atoms with Crippen molar-refractivity contribution in [3.63, 3.8) is 0 Å². The summed E-state index contributed by atoms with van der Waals surface area (Å²) in [5.74, 6) is -0.836. The van der Waals surface area contributed by atoms with Gasteiger partial charge in [-0.25, -0.2) is 0 Å². The van der Waals surface area contributed by atoms with E-state index >= 15 is 0 Å². The quantitative estimate of drug-likeness (QED) is 0.574. The van der Waals surface area contributed by atoms with Gasteiger partial charge in [0.15, 0.2) is 0 Å². The summed E-state index contributed by atoms with van der Waals surface area (Å²) < 4.78 is 0. The molecule has 0 fully saturated rings. The molecular weight excluding hydrogens is 248 g/mol. The van der Waals surface area contributed by atoms with Gasteiger partial charge >= 0.3 is 5.97 Å². The topological polar surface area (TPSA) is 83.7 Å². The molecule has 0 amide bonds. The third-order valence-corrected chi connectivity index (χ3v) is 2.76. The van der Waals surface area contributed by atoms with Crippen LogP contribution in [0.4, 0.5) is 5.69 Å². The van der Waals surface area contributed by atoms with Gasteiger partial charge in [-0.15, -0.1) is 0 Å². The number of benzene rings is 1. The third-order valence-electron chi connectivity index (χ3n) is 2.76. The summed E-state index contributed by atoms with van der Waals surface area (Å²) in [6.07, 6.45) is 1.58. The van der Waals surface area contributed by atoms with E-state index in [4.69, 9.17) is 5.11 Å². The Balaban J connectivity index is 2.53. The molecule has 0 aliphatic carbocycles. The molecule has 6 nitrogen and oxygen atoms in total. The van der Waals surface area contributed by atoms with Crippen molar-refractivity contribution in [3.05, 3.63) is 39.9 Å². The second-order valence-corrected chi connectivity index (χ2v) is 4.34. The minimum absolute atomic E-state index is 0.0286. The van der Waals surface area contributed by atoms with Crippen molar-refractivity contribution in [2.75, 3.05) is 19.6 Å². The van der Waals surface area contributed by atoms with Crippen LogP contribution in [-0.2, 0) is 11.2 Å². The number of rotatable bonds is 8. The molecule has 0 aliphatic heterocycles. The fraction of sp³-hybridized carbons (Fsp3) is 0.462. The highest BCUT2D eigenvalue weighted by Gasteiger charge is 2.09. The molecule has 0 atom stereocenters. The number of nitro benzene ring substituents is 1. The first-order valence-electron chi connectivity index (χ1n) is 6.20. The number of hydrogen-bond donors (Lipinski definition) is 1. The Morgan fingerprint density at radius 1 is 1.32 bits per heavy atom. The van der Waals surface area contributed by atoms with Crippen molar-refractivity contribution in [3.8, 4) is 0 Å². The highest BCUT2D eigenvalue weighted by molar-refractivity contribution is 5.69. The van der Waals surface area contributed by atoms with E-state index in [1.807, 2.05) is 11.8 Å². The largest absolute Gasteiger partial charge is 0.480 e. The van der Waals surface area contributed by atoms with Gasteiger partial charge < -0.3 is 5.11 Å². The first-order chi connectivity index (χ1) is 9.02. The molecular formula is C13H18N2O4. The van der Waals surface area contributed by atoms with Gasteiger partial charge in [0.1, 0.15) is 0 Å². The van der Waals surface area contributed by atoms with Crippen LogP contribution in [0.3, 0.4) is 0 Å². The molecule has 1 rings (SSSR count). The monoisotopic (exact) mass is 266 g/mol. The summed E-state index contributed by atoms with van der Waals surface area (Å²) >= 11 is 0. The average Bonchev–Trinajstić information content (AvgIpc) is 2.36. The first kappa shape index (κ1) is 15.1. The molecule has 0 bridgehead atoms. The molecule has 1 aromatic rings. The van der Waals surface area contributed by atoms with E-state index in [1.165, 1.54) is 12.1 Å². The van der Waals surface area contributed by atoms with Gasteiger partial charge in [-0.3, -0.25) is 19.8 Å². The van der Waals surface area contributed by atoms with Gasteiger partial charge in [0.25, 0.3) is 5.69 Å². The number of nitro groups is 1. The molecule has 19 heavy (non-hydrogen) atoms. The Kier molecular flexibility index (Phi) is 5.95. The first-order valence-corrected chi connectivity index (χ1v) is 6.20. The molecule has 1 aromatic carbocycles. The molecule has 6 heteroatoms. The Labute approximate surface area is 111 Å². The van der Waals surface area contributed by atoms with E-state index in [9.17, 15) is 14.9 Å². The maximum Gasteiger partial charge on any atom is 0.317 e. The second-order valence-electron chi connectivity index (χ2n) is 4.34. The Morgan fingerprint density at radius 2 is 1.95 bits per heavy atom. The lowest BCUT2D eigenvalue weighted by Crippen LogP contribution is -2.32. The van der Waals surface area contributed by atoms with Crippen LogP contribution in [-0.4, -0.2) is 40.5 Å². The van der Waals surface area contributed by atoms with Gasteiger partial charge in [-0.05, 0) is 24.9 Å². The Bertz CT molecular complexity index is 431. The maximum absolute atomic E-state index is 10.7. The summed E-state index contributed by atoms with van der Waals surface area (Å²) in [7, 11) is 0. The van der Waals surface area contributed by atoms with Gasteiger partial charge in [-0.1, -0.05) is 19.1 Å². The number of carboxylic acid groups (broad SMARTS) is 1. The van der Waals surface area contributed by atoms with Crippen molar-refractivity contribution in [2.24, 2.45) is 0 Å². The molecule has 0 aromatic heterocycles. The summed E-state index contributed by atoms with van der Waals surface area (Å²) in [5.41, 5.74) is 1.04. The average molecular weight is 266 g/mol. The van der Waals surface area contributed by atoms with Crippen molar-refractivity contribution < 1.29 is 14.8 Å². The summed E-state index contributed by atoms with van der Waals surface area (Å²) in [4.78, 5) is 22.6. The number of hydrogen-bond acceptors (Lipinski definition) is 4. The van der Waals surface area contributed by atoms with Crippen molar-refractivity contribution >= 4 is 11.7 Å². The molecule has 0 saturated carbocycles. The van der Waals surface area contributed by atoms with E-state index in [0.717, 1.165) is 18.5 Å². The van der Waals surface area contributed by atoms with Crippen LogP contribution in [0.25, 0.3) is 0 Å². The zero-order valence-electron chi connectivity index (χ0n) is 10.9.